The topological polar surface area (TPSA) is 71.7 Å². The zero-order valence-corrected chi connectivity index (χ0v) is 14.4. The monoisotopic (exact) mass is 342 g/mol. The fourth-order valence-electron chi connectivity index (χ4n) is 3.76. The van der Waals surface area contributed by atoms with E-state index < -0.39 is 0 Å². The lowest BCUT2D eigenvalue weighted by Crippen LogP contribution is -2.43. The Kier molecular flexibility index (Phi) is 4.17. The van der Waals surface area contributed by atoms with Crippen molar-refractivity contribution in [2.45, 2.75) is 13.3 Å². The molecule has 0 saturated carbocycles. The van der Waals surface area contributed by atoms with Crippen molar-refractivity contribution in [1.29, 1.82) is 0 Å². The first kappa shape index (κ1) is 16.1. The Morgan fingerprint density at radius 2 is 2.20 bits per heavy atom. The second kappa shape index (κ2) is 6.48. The summed E-state index contributed by atoms with van der Waals surface area (Å²) >= 11 is 0. The van der Waals surface area contributed by atoms with Crippen LogP contribution in [-0.2, 0) is 4.74 Å². The van der Waals surface area contributed by atoms with E-state index in [2.05, 4.69) is 15.0 Å². The van der Waals surface area contributed by atoms with Gasteiger partial charge in [-0.15, -0.1) is 0 Å². The van der Waals surface area contributed by atoms with E-state index in [0.717, 1.165) is 25.3 Å². The van der Waals surface area contributed by atoms with Gasteiger partial charge in [0.15, 0.2) is 0 Å². The van der Waals surface area contributed by atoms with Crippen LogP contribution in [0.15, 0.2) is 35.1 Å². The summed E-state index contributed by atoms with van der Waals surface area (Å²) in [6.45, 7) is 6.03. The first-order valence-corrected chi connectivity index (χ1v) is 8.61. The van der Waals surface area contributed by atoms with Crippen LogP contribution < -0.4 is 4.90 Å². The number of carbonyl (C=O) groups excluding carboxylic acids is 1. The van der Waals surface area contributed by atoms with Gasteiger partial charge in [-0.3, -0.25) is 4.79 Å². The number of amides is 1. The van der Waals surface area contributed by atoms with Gasteiger partial charge in [0.1, 0.15) is 17.1 Å². The molecule has 2 aliphatic rings. The minimum Gasteiger partial charge on any atom is -0.379 e. The molecule has 1 atom stereocenters. The van der Waals surface area contributed by atoms with E-state index in [1.807, 2.05) is 29.3 Å². The molecule has 0 N–H and O–H groups in total. The Bertz CT molecular complexity index is 748. The van der Waals surface area contributed by atoms with E-state index in [1.165, 1.54) is 6.20 Å². The number of carbonyl (C=O) groups is 1. The number of aryl methyl sites for hydroxylation is 1. The molecule has 2 fully saturated rings. The van der Waals surface area contributed by atoms with E-state index >= 15 is 0 Å². The summed E-state index contributed by atoms with van der Waals surface area (Å²) in [4.78, 5) is 21.5. The van der Waals surface area contributed by atoms with Crippen molar-refractivity contribution in [2.24, 2.45) is 5.41 Å². The van der Waals surface area contributed by atoms with Crippen LogP contribution >= 0.6 is 0 Å². The Labute approximate surface area is 146 Å². The third-order valence-corrected chi connectivity index (χ3v) is 5.12. The van der Waals surface area contributed by atoms with Gasteiger partial charge >= 0.3 is 0 Å². The molecule has 2 saturated heterocycles. The second-order valence-electron chi connectivity index (χ2n) is 6.93. The van der Waals surface area contributed by atoms with Gasteiger partial charge in [0, 0.05) is 37.8 Å². The second-order valence-corrected chi connectivity index (χ2v) is 6.93. The number of ether oxygens (including phenoxy) is 1. The molecule has 4 rings (SSSR count). The Balaban J connectivity index is 1.52. The molecule has 0 unspecified atom stereocenters. The van der Waals surface area contributed by atoms with Gasteiger partial charge in [-0.05, 0) is 25.5 Å². The summed E-state index contributed by atoms with van der Waals surface area (Å²) in [5.74, 6) is 1.52. The molecule has 0 aliphatic carbocycles. The highest BCUT2D eigenvalue weighted by atomic mass is 16.5. The Hall–Kier alpha value is -2.41. The molecule has 1 spiro atoms. The van der Waals surface area contributed by atoms with E-state index in [4.69, 9.17) is 9.26 Å². The molecule has 0 aromatic carbocycles. The van der Waals surface area contributed by atoms with Crippen LogP contribution in [-0.4, -0.2) is 60.3 Å². The van der Waals surface area contributed by atoms with E-state index in [1.54, 1.807) is 6.92 Å². The first-order valence-electron chi connectivity index (χ1n) is 8.61. The van der Waals surface area contributed by atoms with Gasteiger partial charge < -0.3 is 19.1 Å². The SMILES string of the molecule is Cc1oncc1C(=O)N1CCOC[C@]2(CCN(c3ccccn3)C2)C1. The molecular formula is C18H22N4O3. The number of nitrogens with zero attached hydrogens (tertiary/aromatic N) is 4. The van der Waals surface area contributed by atoms with Gasteiger partial charge in [-0.1, -0.05) is 11.2 Å². The number of aromatic nitrogens is 2. The molecular weight excluding hydrogens is 320 g/mol. The highest BCUT2D eigenvalue weighted by Crippen LogP contribution is 2.35. The van der Waals surface area contributed by atoms with Crippen LogP contribution in [0.3, 0.4) is 0 Å². The third-order valence-electron chi connectivity index (χ3n) is 5.12. The number of hydrogen-bond donors (Lipinski definition) is 0. The van der Waals surface area contributed by atoms with Crippen molar-refractivity contribution >= 4 is 11.7 Å². The Morgan fingerprint density at radius 1 is 1.28 bits per heavy atom. The van der Waals surface area contributed by atoms with Crippen molar-refractivity contribution in [3.05, 3.63) is 41.9 Å². The van der Waals surface area contributed by atoms with Gasteiger partial charge in [-0.2, -0.15) is 0 Å². The summed E-state index contributed by atoms with van der Waals surface area (Å²) in [5, 5.41) is 3.73. The summed E-state index contributed by atoms with van der Waals surface area (Å²) in [7, 11) is 0. The van der Waals surface area contributed by atoms with Crippen LogP contribution in [0.25, 0.3) is 0 Å². The summed E-state index contributed by atoms with van der Waals surface area (Å²) in [6.07, 6.45) is 4.30. The van der Waals surface area contributed by atoms with Gasteiger partial charge in [0.2, 0.25) is 0 Å². The van der Waals surface area contributed by atoms with Crippen LogP contribution in [0.4, 0.5) is 5.82 Å². The highest BCUT2D eigenvalue weighted by molar-refractivity contribution is 5.94. The van der Waals surface area contributed by atoms with Crippen LogP contribution in [0.1, 0.15) is 22.5 Å². The average Bonchev–Trinajstić information content (AvgIpc) is 3.18. The maximum atomic E-state index is 12.9. The van der Waals surface area contributed by atoms with E-state index in [-0.39, 0.29) is 11.3 Å². The average molecular weight is 342 g/mol. The summed E-state index contributed by atoms with van der Waals surface area (Å²) in [6, 6.07) is 5.95. The summed E-state index contributed by atoms with van der Waals surface area (Å²) in [5.41, 5.74) is 0.478. The Morgan fingerprint density at radius 3 is 2.96 bits per heavy atom. The molecule has 7 heteroatoms. The molecule has 2 aliphatic heterocycles. The van der Waals surface area contributed by atoms with Crippen molar-refractivity contribution in [3.63, 3.8) is 0 Å². The van der Waals surface area contributed by atoms with Crippen molar-refractivity contribution in [3.8, 4) is 0 Å². The van der Waals surface area contributed by atoms with E-state index in [0.29, 0.717) is 37.6 Å². The normalized spacial score (nSPS) is 23.9. The quantitative estimate of drug-likeness (QED) is 0.828. The van der Waals surface area contributed by atoms with E-state index in [9.17, 15) is 4.79 Å². The van der Waals surface area contributed by atoms with Gasteiger partial charge in [0.05, 0.1) is 19.4 Å². The minimum absolute atomic E-state index is 0.0279. The fraction of sp³-hybridized carbons (Fsp3) is 0.500. The van der Waals surface area contributed by atoms with Crippen LogP contribution in [0.5, 0.6) is 0 Å². The third kappa shape index (κ3) is 3.11. The molecule has 4 heterocycles. The van der Waals surface area contributed by atoms with Crippen molar-refractivity contribution in [2.75, 3.05) is 44.3 Å². The molecule has 132 valence electrons. The van der Waals surface area contributed by atoms with Crippen LogP contribution in [0, 0.1) is 12.3 Å². The standard InChI is InChI=1S/C18H22N4O3/c1-14-15(10-20-25-14)17(23)22-8-9-24-13-18(12-22)5-7-21(11-18)16-4-2-3-6-19-16/h2-4,6,10H,5,7-9,11-13H2,1H3/t18-/m0/s1. The van der Waals surface area contributed by atoms with Gasteiger partial charge in [0.25, 0.3) is 5.91 Å². The maximum absolute atomic E-state index is 12.9. The van der Waals surface area contributed by atoms with Crippen molar-refractivity contribution < 1.29 is 14.1 Å². The molecule has 0 radical (unpaired) electrons. The number of anilines is 1. The molecule has 7 nitrogen and oxygen atoms in total. The van der Waals surface area contributed by atoms with Crippen LogP contribution in [0.2, 0.25) is 0 Å². The molecule has 0 bridgehead atoms. The lowest BCUT2D eigenvalue weighted by Gasteiger charge is -2.31. The maximum Gasteiger partial charge on any atom is 0.259 e. The fourth-order valence-corrected chi connectivity index (χ4v) is 3.76. The smallest absolute Gasteiger partial charge is 0.259 e. The van der Waals surface area contributed by atoms with Gasteiger partial charge in [-0.25, -0.2) is 4.98 Å². The lowest BCUT2D eigenvalue weighted by atomic mass is 9.87. The minimum atomic E-state index is -0.0608. The largest absolute Gasteiger partial charge is 0.379 e. The molecule has 1 amide bonds. The predicted molar refractivity (Wildman–Crippen MR) is 91.5 cm³/mol. The molecule has 25 heavy (non-hydrogen) atoms. The number of hydrogen-bond acceptors (Lipinski definition) is 6. The highest BCUT2D eigenvalue weighted by Gasteiger charge is 2.43. The predicted octanol–water partition coefficient (Wildman–Crippen LogP) is 1.75. The number of pyridine rings is 1. The first-order chi connectivity index (χ1) is 12.2. The van der Waals surface area contributed by atoms with Crippen molar-refractivity contribution in [1.82, 2.24) is 15.0 Å². The molecule has 2 aromatic heterocycles. The number of rotatable bonds is 2. The zero-order valence-electron chi connectivity index (χ0n) is 14.4. The molecule has 2 aromatic rings. The summed E-state index contributed by atoms with van der Waals surface area (Å²) < 4.78 is 10.9. The zero-order chi connectivity index (χ0) is 17.3. The lowest BCUT2D eigenvalue weighted by molar-refractivity contribution is 0.0689.